The molecule has 0 aromatic heterocycles. The number of carbonyl (C=O) groups is 3. The number of carbonyl (C=O) groups excluding carboxylic acids is 1. The van der Waals surface area contributed by atoms with E-state index >= 15 is 0 Å². The maximum absolute atomic E-state index is 11.2. The monoisotopic (exact) mass is 264 g/mol. The molecule has 0 saturated carbocycles. The van der Waals surface area contributed by atoms with Crippen molar-refractivity contribution in [1.82, 2.24) is 0 Å². The van der Waals surface area contributed by atoms with Crippen molar-refractivity contribution >= 4 is 17.9 Å². The molecule has 0 amide bonds. The summed E-state index contributed by atoms with van der Waals surface area (Å²) in [7, 11) is 0. The van der Waals surface area contributed by atoms with Crippen molar-refractivity contribution in [3.05, 3.63) is 41.5 Å². The molecular formula is C13H12O6. The van der Waals surface area contributed by atoms with Crippen LogP contribution in [0.15, 0.2) is 24.8 Å². The predicted molar refractivity (Wildman–Crippen MR) is 65.6 cm³/mol. The number of hydrogen-bond donors (Lipinski definition) is 2. The van der Waals surface area contributed by atoms with E-state index in [-0.39, 0.29) is 5.75 Å². The first-order valence-corrected chi connectivity index (χ1v) is 5.39. The topological polar surface area (TPSA) is 101 Å². The Labute approximate surface area is 108 Å². The molecule has 0 unspecified atom stereocenters. The van der Waals surface area contributed by atoms with Crippen LogP contribution in [-0.4, -0.2) is 28.1 Å². The first kappa shape index (κ1) is 14.4. The van der Waals surface area contributed by atoms with Crippen LogP contribution in [0.25, 0.3) is 0 Å². The molecule has 0 fully saturated rings. The Kier molecular flexibility index (Phi) is 4.41. The summed E-state index contributed by atoms with van der Waals surface area (Å²) in [5.41, 5.74) is -0.545. The van der Waals surface area contributed by atoms with Gasteiger partial charge in [-0.05, 0) is 18.1 Å². The van der Waals surface area contributed by atoms with Gasteiger partial charge < -0.3 is 14.9 Å². The highest BCUT2D eigenvalue weighted by atomic mass is 16.5. The van der Waals surface area contributed by atoms with Crippen LogP contribution in [0.1, 0.15) is 33.2 Å². The Morgan fingerprint density at radius 3 is 2.32 bits per heavy atom. The minimum atomic E-state index is -1.47. The molecule has 6 heteroatoms. The number of hydrogen-bond acceptors (Lipinski definition) is 4. The van der Waals surface area contributed by atoms with E-state index in [2.05, 4.69) is 6.58 Å². The third-order valence-corrected chi connectivity index (χ3v) is 2.43. The van der Waals surface area contributed by atoms with Gasteiger partial charge in [0.25, 0.3) is 0 Å². The minimum Gasteiger partial charge on any atom is -0.478 e. The second kappa shape index (κ2) is 5.81. The van der Waals surface area contributed by atoms with Gasteiger partial charge in [-0.15, -0.1) is 0 Å². The lowest BCUT2D eigenvalue weighted by atomic mass is 10.0. The third-order valence-electron chi connectivity index (χ3n) is 2.43. The first-order chi connectivity index (χ1) is 8.92. The summed E-state index contributed by atoms with van der Waals surface area (Å²) in [6, 6.07) is 2.59. The van der Waals surface area contributed by atoms with Crippen molar-refractivity contribution in [1.29, 1.82) is 0 Å². The van der Waals surface area contributed by atoms with Gasteiger partial charge in [0.2, 0.25) is 0 Å². The molecule has 0 heterocycles. The largest absolute Gasteiger partial charge is 0.478 e. The van der Waals surface area contributed by atoms with Crippen molar-refractivity contribution < 1.29 is 29.3 Å². The summed E-state index contributed by atoms with van der Waals surface area (Å²) in [6.45, 7) is 4.93. The minimum absolute atomic E-state index is 0.250. The molecule has 0 radical (unpaired) electrons. The zero-order chi connectivity index (χ0) is 14.6. The van der Waals surface area contributed by atoms with Crippen molar-refractivity contribution in [2.24, 2.45) is 0 Å². The quantitative estimate of drug-likeness (QED) is 0.477. The normalized spacial score (nSPS) is 9.74. The fraction of sp³-hybridized carbons (Fsp3) is 0.154. The Bertz CT molecular complexity index is 558. The zero-order valence-electron chi connectivity index (χ0n) is 10.2. The summed E-state index contributed by atoms with van der Waals surface area (Å²) < 4.78 is 4.87. The number of carboxylic acids is 2. The number of rotatable bonds is 5. The van der Waals surface area contributed by atoms with E-state index in [9.17, 15) is 14.4 Å². The fourth-order valence-electron chi connectivity index (χ4n) is 1.55. The highest BCUT2D eigenvalue weighted by Crippen LogP contribution is 2.28. The van der Waals surface area contributed by atoms with Crippen LogP contribution in [-0.2, 0) is 11.2 Å². The zero-order valence-corrected chi connectivity index (χ0v) is 10.2. The predicted octanol–water partition coefficient (Wildman–Crippen LogP) is 1.74. The van der Waals surface area contributed by atoms with Crippen molar-refractivity contribution in [3.63, 3.8) is 0 Å². The summed E-state index contributed by atoms with van der Waals surface area (Å²) in [5, 5.41) is 18.1. The van der Waals surface area contributed by atoms with E-state index < -0.39 is 29.0 Å². The molecule has 0 atom stereocenters. The lowest BCUT2D eigenvalue weighted by molar-refractivity contribution is -0.129. The van der Waals surface area contributed by atoms with Gasteiger partial charge in [-0.3, -0.25) is 0 Å². The molecule has 2 N–H and O–H groups in total. The van der Waals surface area contributed by atoms with E-state index in [1.54, 1.807) is 6.92 Å². The van der Waals surface area contributed by atoms with E-state index in [0.29, 0.717) is 12.0 Å². The second-order valence-electron chi connectivity index (χ2n) is 3.57. The lowest BCUT2D eigenvalue weighted by Gasteiger charge is -2.12. The number of esters is 1. The highest BCUT2D eigenvalue weighted by Gasteiger charge is 2.24. The molecule has 1 rings (SSSR count). The molecule has 1 aromatic rings. The van der Waals surface area contributed by atoms with Gasteiger partial charge in [0.15, 0.2) is 0 Å². The molecule has 0 aliphatic heterocycles. The van der Waals surface area contributed by atoms with Crippen molar-refractivity contribution in [2.75, 3.05) is 0 Å². The average Bonchev–Trinajstić information content (AvgIpc) is 2.37. The summed E-state index contributed by atoms with van der Waals surface area (Å²) in [5.74, 6) is -3.98. The molecule has 0 aliphatic carbocycles. The highest BCUT2D eigenvalue weighted by molar-refractivity contribution is 6.04. The van der Waals surface area contributed by atoms with Crippen LogP contribution in [0.3, 0.4) is 0 Å². The summed E-state index contributed by atoms with van der Waals surface area (Å²) >= 11 is 0. The van der Waals surface area contributed by atoms with Crippen LogP contribution < -0.4 is 4.74 Å². The molecule has 0 aliphatic rings. The Morgan fingerprint density at radius 2 is 1.89 bits per heavy atom. The molecule has 19 heavy (non-hydrogen) atoms. The van der Waals surface area contributed by atoms with Gasteiger partial charge in [-0.1, -0.05) is 19.6 Å². The Balaban J connectivity index is 3.56. The summed E-state index contributed by atoms with van der Waals surface area (Å²) in [4.78, 5) is 33.4. The number of aryl methyl sites for hydroxylation is 1. The first-order valence-electron chi connectivity index (χ1n) is 5.39. The standard InChI is InChI=1S/C13H12O6/c1-3-7-5-6-8(12(15)16)10(13(17)18)11(7)19-9(14)4-2/h4-6H,2-3H2,1H3,(H,15,16)(H,17,18). The second-order valence-corrected chi connectivity index (χ2v) is 3.57. The van der Waals surface area contributed by atoms with Crippen molar-refractivity contribution in [3.8, 4) is 5.75 Å². The van der Waals surface area contributed by atoms with Gasteiger partial charge in [0, 0.05) is 6.08 Å². The van der Waals surface area contributed by atoms with E-state index in [4.69, 9.17) is 14.9 Å². The molecule has 0 saturated heterocycles. The van der Waals surface area contributed by atoms with Crippen LogP contribution >= 0.6 is 0 Å². The fourth-order valence-corrected chi connectivity index (χ4v) is 1.55. The SMILES string of the molecule is C=CC(=O)Oc1c(CC)ccc(C(=O)O)c1C(=O)O. The van der Waals surface area contributed by atoms with Gasteiger partial charge in [0.1, 0.15) is 11.3 Å². The van der Waals surface area contributed by atoms with E-state index in [1.165, 1.54) is 12.1 Å². The third kappa shape index (κ3) is 2.98. The number of ether oxygens (including phenoxy) is 1. The molecule has 1 aromatic carbocycles. The average molecular weight is 264 g/mol. The Morgan fingerprint density at radius 1 is 1.26 bits per heavy atom. The molecule has 0 spiro atoms. The maximum Gasteiger partial charge on any atom is 0.340 e. The molecular weight excluding hydrogens is 252 g/mol. The maximum atomic E-state index is 11.2. The van der Waals surface area contributed by atoms with Crippen LogP contribution in [0, 0.1) is 0 Å². The molecule has 0 bridgehead atoms. The molecule has 100 valence electrons. The van der Waals surface area contributed by atoms with E-state index in [1.807, 2.05) is 0 Å². The van der Waals surface area contributed by atoms with Gasteiger partial charge in [0.05, 0.1) is 5.56 Å². The van der Waals surface area contributed by atoms with Gasteiger partial charge >= 0.3 is 17.9 Å². The number of benzene rings is 1. The van der Waals surface area contributed by atoms with Crippen LogP contribution in [0.2, 0.25) is 0 Å². The summed E-state index contributed by atoms with van der Waals surface area (Å²) in [6.07, 6.45) is 1.26. The molecule has 6 nitrogen and oxygen atoms in total. The number of aromatic carboxylic acids is 2. The van der Waals surface area contributed by atoms with Crippen LogP contribution in [0.4, 0.5) is 0 Å². The van der Waals surface area contributed by atoms with Crippen molar-refractivity contribution in [2.45, 2.75) is 13.3 Å². The van der Waals surface area contributed by atoms with Crippen LogP contribution in [0.5, 0.6) is 5.75 Å². The smallest absolute Gasteiger partial charge is 0.340 e. The van der Waals surface area contributed by atoms with Gasteiger partial charge in [-0.25, -0.2) is 14.4 Å². The number of carboxylic acid groups (broad SMARTS) is 2. The Hall–Kier alpha value is -2.63. The lowest BCUT2D eigenvalue weighted by Crippen LogP contribution is -2.15. The van der Waals surface area contributed by atoms with Gasteiger partial charge in [-0.2, -0.15) is 0 Å². The van der Waals surface area contributed by atoms with E-state index in [0.717, 1.165) is 6.08 Å².